The van der Waals surface area contributed by atoms with Gasteiger partial charge in [0.1, 0.15) is 17.1 Å². The van der Waals surface area contributed by atoms with Gasteiger partial charge in [-0.25, -0.2) is 4.98 Å². The molecule has 5 nitrogen and oxygen atoms in total. The van der Waals surface area contributed by atoms with Gasteiger partial charge in [0.05, 0.1) is 17.7 Å². The van der Waals surface area contributed by atoms with E-state index in [-0.39, 0.29) is 5.56 Å². The van der Waals surface area contributed by atoms with E-state index in [4.69, 9.17) is 9.72 Å². The monoisotopic (exact) mass is 403 g/mol. The maximum absolute atomic E-state index is 12.7. The number of nitrogens with one attached hydrogen (secondary N) is 1. The number of fused-ring (bicyclic) bond motifs is 1. The number of hydrogen-bond donors (Lipinski definition) is 1. The molecule has 2 heterocycles. The van der Waals surface area contributed by atoms with E-state index in [1.807, 2.05) is 36.0 Å². The van der Waals surface area contributed by atoms with E-state index >= 15 is 0 Å². The van der Waals surface area contributed by atoms with Crippen molar-refractivity contribution in [1.82, 2.24) is 14.5 Å². The van der Waals surface area contributed by atoms with Crippen molar-refractivity contribution in [3.8, 4) is 17.1 Å². The highest BCUT2D eigenvalue weighted by Crippen LogP contribution is 2.31. The van der Waals surface area contributed by atoms with Gasteiger partial charge in [-0.3, -0.25) is 4.79 Å². The Bertz CT molecular complexity index is 959. The average Bonchev–Trinajstić information content (AvgIpc) is 2.90. The summed E-state index contributed by atoms with van der Waals surface area (Å²) in [7, 11) is 1.88. The minimum absolute atomic E-state index is 0.133. The number of hydrogen-bond acceptors (Lipinski definition) is 3. The topological polar surface area (TPSA) is 59.9 Å². The molecule has 0 fully saturated rings. The number of nitrogens with zero attached hydrogens (tertiary/aromatic N) is 2. The lowest BCUT2D eigenvalue weighted by molar-refractivity contribution is 0.318. The van der Waals surface area contributed by atoms with Crippen molar-refractivity contribution in [3.05, 3.63) is 44.8 Å². The summed E-state index contributed by atoms with van der Waals surface area (Å²) in [6.45, 7) is 4.80. The third-order valence-corrected chi connectivity index (χ3v) is 4.57. The van der Waals surface area contributed by atoms with Gasteiger partial charge in [0.2, 0.25) is 0 Å². The number of aryl methyl sites for hydroxylation is 2. The van der Waals surface area contributed by atoms with Crippen molar-refractivity contribution in [3.63, 3.8) is 0 Å². The Balaban J connectivity index is 2.21. The molecule has 0 aliphatic heterocycles. The Kier molecular flexibility index (Phi) is 5.27. The number of halogens is 1. The summed E-state index contributed by atoms with van der Waals surface area (Å²) >= 11 is 3.49. The zero-order valence-corrected chi connectivity index (χ0v) is 16.3. The van der Waals surface area contributed by atoms with E-state index in [9.17, 15) is 4.79 Å². The summed E-state index contributed by atoms with van der Waals surface area (Å²) in [4.78, 5) is 20.3. The fourth-order valence-electron chi connectivity index (χ4n) is 2.98. The highest BCUT2D eigenvalue weighted by molar-refractivity contribution is 9.10. The van der Waals surface area contributed by atoms with Crippen LogP contribution in [0, 0.1) is 0 Å². The van der Waals surface area contributed by atoms with Crippen molar-refractivity contribution in [2.24, 2.45) is 7.05 Å². The number of benzene rings is 1. The summed E-state index contributed by atoms with van der Waals surface area (Å²) in [5.74, 6) is 1.26. The maximum Gasteiger partial charge on any atom is 0.275 e. The van der Waals surface area contributed by atoms with E-state index in [0.717, 1.165) is 46.1 Å². The van der Waals surface area contributed by atoms with Gasteiger partial charge in [-0.2, -0.15) is 0 Å². The molecule has 0 spiro atoms. The molecule has 1 aromatic carbocycles. The molecule has 0 atom stereocenters. The van der Waals surface area contributed by atoms with E-state index in [1.165, 1.54) is 0 Å². The third-order valence-electron chi connectivity index (χ3n) is 4.08. The molecule has 0 saturated heterocycles. The molecule has 0 aliphatic carbocycles. The summed E-state index contributed by atoms with van der Waals surface area (Å²) in [5.41, 5.74) is 3.13. The van der Waals surface area contributed by atoms with Crippen molar-refractivity contribution in [2.45, 2.75) is 33.1 Å². The Morgan fingerprint density at radius 3 is 2.80 bits per heavy atom. The Labute approximate surface area is 155 Å². The van der Waals surface area contributed by atoms with Crippen LogP contribution in [0.2, 0.25) is 0 Å². The zero-order chi connectivity index (χ0) is 18.0. The second-order valence-electron chi connectivity index (χ2n) is 6.12. The largest absolute Gasteiger partial charge is 0.493 e. The van der Waals surface area contributed by atoms with Crippen molar-refractivity contribution in [2.75, 3.05) is 6.61 Å². The number of H-pyrrole nitrogens is 1. The molecule has 3 aromatic rings. The zero-order valence-electron chi connectivity index (χ0n) is 14.7. The fraction of sp³-hybridized carbons (Fsp3) is 0.368. The highest BCUT2D eigenvalue weighted by atomic mass is 79.9. The summed E-state index contributed by atoms with van der Waals surface area (Å²) in [6, 6.07) is 5.75. The van der Waals surface area contributed by atoms with Crippen LogP contribution >= 0.6 is 15.9 Å². The first-order valence-electron chi connectivity index (χ1n) is 8.56. The number of ether oxygens (including phenoxy) is 1. The molecule has 0 saturated carbocycles. The molecule has 0 unspecified atom stereocenters. The van der Waals surface area contributed by atoms with Gasteiger partial charge in [0.15, 0.2) is 0 Å². The van der Waals surface area contributed by atoms with Crippen LogP contribution < -0.4 is 10.3 Å². The molecule has 0 amide bonds. The second-order valence-corrected chi connectivity index (χ2v) is 7.03. The van der Waals surface area contributed by atoms with Crippen LogP contribution in [-0.4, -0.2) is 21.1 Å². The lowest BCUT2D eigenvalue weighted by Crippen LogP contribution is -2.12. The Hall–Kier alpha value is -2.08. The Morgan fingerprint density at radius 2 is 2.08 bits per heavy atom. The van der Waals surface area contributed by atoms with Gasteiger partial charge in [-0.05, 0) is 36.6 Å². The second kappa shape index (κ2) is 7.44. The molecular weight excluding hydrogens is 382 g/mol. The van der Waals surface area contributed by atoms with Gasteiger partial charge in [0, 0.05) is 17.7 Å². The molecule has 2 aromatic heterocycles. The van der Waals surface area contributed by atoms with Crippen LogP contribution in [0.3, 0.4) is 0 Å². The molecule has 0 radical (unpaired) electrons. The summed E-state index contributed by atoms with van der Waals surface area (Å²) in [5, 5.41) is 0. The highest BCUT2D eigenvalue weighted by Gasteiger charge is 2.16. The molecule has 25 heavy (non-hydrogen) atoms. The molecule has 132 valence electrons. The maximum atomic E-state index is 12.7. The van der Waals surface area contributed by atoms with Crippen LogP contribution in [0.15, 0.2) is 33.7 Å². The van der Waals surface area contributed by atoms with E-state index in [2.05, 4.69) is 34.8 Å². The Morgan fingerprint density at radius 1 is 1.28 bits per heavy atom. The summed E-state index contributed by atoms with van der Waals surface area (Å²) in [6.07, 6.45) is 4.81. The van der Waals surface area contributed by atoms with Gasteiger partial charge in [0.25, 0.3) is 5.56 Å². The third kappa shape index (κ3) is 3.49. The van der Waals surface area contributed by atoms with Gasteiger partial charge in [-0.1, -0.05) is 36.2 Å². The fourth-order valence-corrected chi connectivity index (χ4v) is 3.34. The van der Waals surface area contributed by atoms with E-state index < -0.39 is 0 Å². The van der Waals surface area contributed by atoms with Crippen LogP contribution in [0.5, 0.6) is 5.75 Å². The molecule has 0 bridgehead atoms. The van der Waals surface area contributed by atoms with Crippen molar-refractivity contribution < 1.29 is 4.74 Å². The molecule has 0 aliphatic rings. The number of aromatic nitrogens is 3. The quantitative estimate of drug-likeness (QED) is 0.661. The number of rotatable bonds is 6. The predicted octanol–water partition coefficient (Wildman–Crippen LogP) is 4.43. The lowest BCUT2D eigenvalue weighted by atomic mass is 10.1. The lowest BCUT2D eigenvalue weighted by Gasteiger charge is -2.11. The van der Waals surface area contributed by atoms with Crippen LogP contribution in [0.25, 0.3) is 22.4 Å². The normalized spacial score (nSPS) is 11.2. The van der Waals surface area contributed by atoms with Gasteiger partial charge >= 0.3 is 0 Å². The SMILES string of the molecule is CCCOc1ccc(Br)cc1-c1nc2c(CCC)cn(C)c2c(=O)[nH]1. The number of aromatic amines is 1. The minimum atomic E-state index is -0.133. The average molecular weight is 404 g/mol. The molecule has 3 rings (SSSR count). The standard InChI is InChI=1S/C19H22BrN3O2/c1-4-6-12-11-23(3)17-16(12)21-18(22-19(17)24)14-10-13(20)7-8-15(14)25-9-5-2/h7-8,10-11H,4-6,9H2,1-3H3,(H,21,22,24). The van der Waals surface area contributed by atoms with Crippen LogP contribution in [0.1, 0.15) is 32.3 Å². The van der Waals surface area contributed by atoms with Crippen molar-refractivity contribution in [1.29, 1.82) is 0 Å². The first kappa shape index (κ1) is 17.7. The van der Waals surface area contributed by atoms with Crippen LogP contribution in [-0.2, 0) is 13.5 Å². The first-order valence-corrected chi connectivity index (χ1v) is 9.35. The smallest absolute Gasteiger partial charge is 0.275 e. The molecule has 6 heteroatoms. The summed E-state index contributed by atoms with van der Waals surface area (Å²) < 4.78 is 8.61. The predicted molar refractivity (Wildman–Crippen MR) is 104 cm³/mol. The minimum Gasteiger partial charge on any atom is -0.493 e. The van der Waals surface area contributed by atoms with Gasteiger partial charge in [-0.15, -0.1) is 0 Å². The first-order chi connectivity index (χ1) is 12.0. The van der Waals surface area contributed by atoms with Gasteiger partial charge < -0.3 is 14.3 Å². The van der Waals surface area contributed by atoms with Crippen LogP contribution in [0.4, 0.5) is 0 Å². The molecule has 1 N–H and O–H groups in total. The van der Waals surface area contributed by atoms with E-state index in [1.54, 1.807) is 0 Å². The molecular formula is C19H22BrN3O2. The van der Waals surface area contributed by atoms with Crippen molar-refractivity contribution >= 4 is 27.0 Å². The van der Waals surface area contributed by atoms with E-state index in [0.29, 0.717) is 17.9 Å².